The second kappa shape index (κ2) is 57.4. The molecule has 69 heavy (non-hydrogen) atoms. The van der Waals surface area contributed by atoms with Crippen LogP contribution in [-0.2, 0) is 28.6 Å². The molecular formula is C63H110O6. The van der Waals surface area contributed by atoms with Gasteiger partial charge in [0.25, 0.3) is 0 Å². The summed E-state index contributed by atoms with van der Waals surface area (Å²) in [6.45, 7) is 6.58. The molecule has 0 N–H and O–H groups in total. The third kappa shape index (κ3) is 55.6. The van der Waals surface area contributed by atoms with Crippen molar-refractivity contribution in [3.05, 3.63) is 72.9 Å². The molecule has 0 aromatic carbocycles. The molecule has 0 aromatic heterocycles. The van der Waals surface area contributed by atoms with Gasteiger partial charge in [-0.3, -0.25) is 14.4 Å². The summed E-state index contributed by atoms with van der Waals surface area (Å²) >= 11 is 0. The van der Waals surface area contributed by atoms with Gasteiger partial charge in [0.1, 0.15) is 13.2 Å². The van der Waals surface area contributed by atoms with Crippen molar-refractivity contribution < 1.29 is 28.6 Å². The minimum atomic E-state index is -0.793. The largest absolute Gasteiger partial charge is 0.462 e. The van der Waals surface area contributed by atoms with Crippen molar-refractivity contribution in [3.8, 4) is 0 Å². The molecule has 0 spiro atoms. The van der Waals surface area contributed by atoms with E-state index in [9.17, 15) is 14.4 Å². The molecule has 0 aliphatic carbocycles. The Bertz CT molecular complexity index is 1290. The van der Waals surface area contributed by atoms with Crippen LogP contribution in [0.15, 0.2) is 72.9 Å². The maximum absolute atomic E-state index is 12.9. The van der Waals surface area contributed by atoms with Gasteiger partial charge in [0.2, 0.25) is 0 Å². The van der Waals surface area contributed by atoms with Gasteiger partial charge in [0, 0.05) is 19.3 Å². The Labute approximate surface area is 427 Å². The van der Waals surface area contributed by atoms with Crippen LogP contribution in [0.1, 0.15) is 290 Å². The van der Waals surface area contributed by atoms with Gasteiger partial charge in [-0.25, -0.2) is 0 Å². The number of hydrogen-bond acceptors (Lipinski definition) is 6. The number of allylic oxidation sites excluding steroid dienone is 12. The van der Waals surface area contributed by atoms with Crippen LogP contribution in [0.3, 0.4) is 0 Å². The van der Waals surface area contributed by atoms with Crippen molar-refractivity contribution in [3.63, 3.8) is 0 Å². The Balaban J connectivity index is 4.44. The van der Waals surface area contributed by atoms with E-state index < -0.39 is 6.10 Å². The predicted octanol–water partition coefficient (Wildman–Crippen LogP) is 19.8. The number of rotatable bonds is 53. The number of ether oxygens (including phenoxy) is 3. The molecule has 0 radical (unpaired) electrons. The molecule has 6 heteroatoms. The predicted molar refractivity (Wildman–Crippen MR) is 298 cm³/mol. The summed E-state index contributed by atoms with van der Waals surface area (Å²) in [7, 11) is 0. The van der Waals surface area contributed by atoms with Gasteiger partial charge < -0.3 is 14.2 Å². The topological polar surface area (TPSA) is 78.9 Å². The van der Waals surface area contributed by atoms with Gasteiger partial charge >= 0.3 is 17.9 Å². The van der Waals surface area contributed by atoms with Gasteiger partial charge in [-0.2, -0.15) is 0 Å². The van der Waals surface area contributed by atoms with Crippen molar-refractivity contribution >= 4 is 17.9 Å². The Hall–Kier alpha value is -3.15. The number of hydrogen-bond donors (Lipinski definition) is 0. The smallest absolute Gasteiger partial charge is 0.306 e. The average molecular weight is 964 g/mol. The zero-order valence-electron chi connectivity index (χ0n) is 45.6. The molecule has 0 bridgehead atoms. The Morgan fingerprint density at radius 3 is 0.884 bits per heavy atom. The van der Waals surface area contributed by atoms with Gasteiger partial charge in [0.15, 0.2) is 6.10 Å². The fraction of sp³-hybridized carbons (Fsp3) is 0.762. The lowest BCUT2D eigenvalue weighted by molar-refractivity contribution is -0.167. The SMILES string of the molecule is CCCCC/C=C/C/C=C/C/C=C/C/C=C/CCCCCC(=O)OC[C@@H](COC(=O)CCCCCCCCC/C=C/CCCCCC)OC(=O)CCCCCCCCC/C=C/CCCCCCCC. The summed E-state index contributed by atoms with van der Waals surface area (Å²) in [5, 5.41) is 0. The lowest BCUT2D eigenvalue weighted by Crippen LogP contribution is -2.30. The molecule has 0 amide bonds. The van der Waals surface area contributed by atoms with Crippen LogP contribution in [0.5, 0.6) is 0 Å². The second-order valence-electron chi connectivity index (χ2n) is 19.5. The summed E-state index contributed by atoms with van der Waals surface area (Å²) in [6, 6.07) is 0. The van der Waals surface area contributed by atoms with Crippen LogP contribution in [0, 0.1) is 0 Å². The maximum Gasteiger partial charge on any atom is 0.306 e. The van der Waals surface area contributed by atoms with Crippen LogP contribution in [0.2, 0.25) is 0 Å². The lowest BCUT2D eigenvalue weighted by atomic mass is 10.1. The first-order valence-electron chi connectivity index (χ1n) is 29.4. The van der Waals surface area contributed by atoms with Crippen LogP contribution >= 0.6 is 0 Å². The zero-order valence-corrected chi connectivity index (χ0v) is 45.6. The van der Waals surface area contributed by atoms with Gasteiger partial charge in [0.05, 0.1) is 0 Å². The monoisotopic (exact) mass is 963 g/mol. The van der Waals surface area contributed by atoms with E-state index in [4.69, 9.17) is 14.2 Å². The van der Waals surface area contributed by atoms with Gasteiger partial charge in [-0.15, -0.1) is 0 Å². The molecular weight excluding hydrogens is 853 g/mol. The van der Waals surface area contributed by atoms with Crippen molar-refractivity contribution in [2.75, 3.05) is 13.2 Å². The van der Waals surface area contributed by atoms with E-state index in [1.165, 1.54) is 167 Å². The molecule has 0 aliphatic rings. The number of carbonyl (C=O) groups excluding carboxylic acids is 3. The third-order valence-electron chi connectivity index (χ3n) is 12.7. The molecule has 0 rings (SSSR count). The van der Waals surface area contributed by atoms with Crippen LogP contribution < -0.4 is 0 Å². The lowest BCUT2D eigenvalue weighted by Gasteiger charge is -2.18. The summed E-state index contributed by atoms with van der Waals surface area (Å²) in [6.07, 6.45) is 73.1. The standard InChI is InChI=1S/C63H110O6/c1-4-7-10-13-16-19-22-25-28-30-31-33-35-38-41-44-47-50-53-56-62(65)68-59-60(58-67-61(64)55-52-49-46-43-40-37-34-27-24-21-18-15-12-9-6-3)69-63(66)57-54-51-48-45-42-39-36-32-29-26-23-20-17-14-11-8-5-2/h16,19,21,24-26,28-29,31,33,38,41,60H,4-15,17-18,20,22-23,27,30,32,34-37,39-40,42-59H2,1-3H3/b19-16+,24-21+,28-25+,29-26+,33-31+,41-38+/t60-/m1/s1. The van der Waals surface area contributed by atoms with E-state index >= 15 is 0 Å². The van der Waals surface area contributed by atoms with Crippen molar-refractivity contribution in [1.82, 2.24) is 0 Å². The molecule has 0 saturated heterocycles. The number of carbonyl (C=O) groups is 3. The molecule has 6 nitrogen and oxygen atoms in total. The highest BCUT2D eigenvalue weighted by molar-refractivity contribution is 5.71. The van der Waals surface area contributed by atoms with E-state index in [1.54, 1.807) is 0 Å². The van der Waals surface area contributed by atoms with E-state index in [-0.39, 0.29) is 31.1 Å². The highest BCUT2D eigenvalue weighted by Gasteiger charge is 2.19. The zero-order chi connectivity index (χ0) is 50.0. The summed E-state index contributed by atoms with van der Waals surface area (Å²) in [4.78, 5) is 38.2. The van der Waals surface area contributed by atoms with Crippen LogP contribution in [0.4, 0.5) is 0 Å². The second-order valence-corrected chi connectivity index (χ2v) is 19.5. The third-order valence-corrected chi connectivity index (χ3v) is 12.7. The fourth-order valence-electron chi connectivity index (χ4n) is 8.18. The van der Waals surface area contributed by atoms with Crippen molar-refractivity contribution in [2.24, 2.45) is 0 Å². The van der Waals surface area contributed by atoms with E-state index in [1.807, 2.05) is 0 Å². The van der Waals surface area contributed by atoms with Crippen molar-refractivity contribution in [2.45, 2.75) is 297 Å². The highest BCUT2D eigenvalue weighted by atomic mass is 16.6. The molecule has 0 aromatic rings. The first-order valence-corrected chi connectivity index (χ1v) is 29.4. The molecule has 1 atom stereocenters. The molecule has 0 aliphatic heterocycles. The molecule has 398 valence electrons. The van der Waals surface area contributed by atoms with Gasteiger partial charge in [-0.05, 0) is 116 Å². The van der Waals surface area contributed by atoms with Gasteiger partial charge in [-0.1, -0.05) is 229 Å². The molecule has 0 fully saturated rings. The van der Waals surface area contributed by atoms with Crippen LogP contribution in [-0.4, -0.2) is 37.2 Å². The van der Waals surface area contributed by atoms with E-state index in [0.29, 0.717) is 19.3 Å². The average Bonchev–Trinajstić information content (AvgIpc) is 3.35. The Morgan fingerprint density at radius 1 is 0.290 bits per heavy atom. The Morgan fingerprint density at radius 2 is 0.522 bits per heavy atom. The maximum atomic E-state index is 12.9. The summed E-state index contributed by atoms with van der Waals surface area (Å²) in [5.41, 5.74) is 0. The fourth-order valence-corrected chi connectivity index (χ4v) is 8.18. The quantitative estimate of drug-likeness (QED) is 0.0262. The number of unbranched alkanes of at least 4 members (excludes halogenated alkanes) is 30. The molecule has 0 saturated carbocycles. The highest BCUT2D eigenvalue weighted by Crippen LogP contribution is 2.15. The summed E-state index contributed by atoms with van der Waals surface area (Å²) < 4.78 is 16.9. The van der Waals surface area contributed by atoms with Crippen LogP contribution in [0.25, 0.3) is 0 Å². The molecule has 0 heterocycles. The Kier molecular flexibility index (Phi) is 54.8. The first kappa shape index (κ1) is 65.8. The first-order chi connectivity index (χ1) is 34.0. The summed E-state index contributed by atoms with van der Waals surface area (Å²) in [5.74, 6) is -0.920. The minimum Gasteiger partial charge on any atom is -0.462 e. The normalized spacial score (nSPS) is 12.6. The number of esters is 3. The molecule has 0 unspecified atom stereocenters. The van der Waals surface area contributed by atoms with Crippen molar-refractivity contribution in [1.29, 1.82) is 0 Å². The van der Waals surface area contributed by atoms with E-state index in [2.05, 4.69) is 93.7 Å². The van der Waals surface area contributed by atoms with E-state index in [0.717, 1.165) is 83.5 Å². The minimum absolute atomic E-state index is 0.0889.